The highest BCUT2D eigenvalue weighted by atomic mass is 32.2. The van der Waals surface area contributed by atoms with Crippen molar-refractivity contribution >= 4 is 77.0 Å². The Morgan fingerprint density at radius 1 is 0.426 bits per heavy atom. The highest BCUT2D eigenvalue weighted by Gasteiger charge is 2.27. The van der Waals surface area contributed by atoms with Gasteiger partial charge in [0.15, 0.2) is 0 Å². The van der Waals surface area contributed by atoms with Gasteiger partial charge in [0.05, 0.1) is 33.3 Å². The largest absolute Gasteiger partial charge is 0.309 e. The zero-order chi connectivity index (χ0) is 30.6. The molecule has 0 unspecified atom stereocenters. The van der Waals surface area contributed by atoms with E-state index in [1.54, 1.807) is 11.8 Å². The monoisotopic (exact) mass is 616 g/mol. The van der Waals surface area contributed by atoms with E-state index in [4.69, 9.17) is 9.97 Å². The van der Waals surface area contributed by atoms with Crippen molar-refractivity contribution < 1.29 is 0 Å². The first-order valence-electron chi connectivity index (χ1n) is 15.9. The van der Waals surface area contributed by atoms with Crippen molar-refractivity contribution in [3.05, 3.63) is 146 Å². The Hall–Kier alpha value is -5.91. The van der Waals surface area contributed by atoms with Gasteiger partial charge in [-0.1, -0.05) is 115 Å². The fourth-order valence-corrected chi connectivity index (χ4v) is 8.94. The second-order valence-electron chi connectivity index (χ2n) is 12.2. The summed E-state index contributed by atoms with van der Waals surface area (Å²) >= 11 is 1.80. The van der Waals surface area contributed by atoms with Gasteiger partial charge in [0.1, 0.15) is 0 Å². The Morgan fingerprint density at radius 2 is 1.06 bits per heavy atom. The Kier molecular flexibility index (Phi) is 5.02. The highest BCUT2D eigenvalue weighted by molar-refractivity contribution is 7.99. The minimum absolute atomic E-state index is 0.685. The summed E-state index contributed by atoms with van der Waals surface area (Å²) in [6, 6.07) is 52.1. The molecule has 0 atom stereocenters. The zero-order valence-corrected chi connectivity index (χ0v) is 25.9. The minimum atomic E-state index is 0.685. The molecule has 0 saturated carbocycles. The van der Waals surface area contributed by atoms with E-state index in [1.807, 2.05) is 0 Å². The second-order valence-corrected chi connectivity index (χ2v) is 13.2. The van der Waals surface area contributed by atoms with Gasteiger partial charge in [0.25, 0.3) is 0 Å². The number of rotatable bonds is 2. The van der Waals surface area contributed by atoms with Gasteiger partial charge < -0.3 is 4.57 Å². The first kappa shape index (κ1) is 25.3. The first-order valence-corrected chi connectivity index (χ1v) is 16.7. The molecule has 7 aromatic carbocycles. The maximum Gasteiger partial charge on any atom is 0.235 e. The fourth-order valence-electron chi connectivity index (χ4n) is 7.83. The maximum atomic E-state index is 5.46. The SMILES string of the molecule is c1ccc(-n2c3ccccc3c3c4ccccc4c4c(c5ccccc5n4-c4nc5c6c(cccc6n4)Sc4ccccc4-5)c32)cc1. The van der Waals surface area contributed by atoms with Crippen LogP contribution >= 0.6 is 11.8 Å². The molecule has 10 aromatic rings. The number of nitrogens with zero attached hydrogens (tertiary/aromatic N) is 4. The van der Waals surface area contributed by atoms with Gasteiger partial charge >= 0.3 is 0 Å². The summed E-state index contributed by atoms with van der Waals surface area (Å²) in [5.74, 6) is 0.685. The summed E-state index contributed by atoms with van der Waals surface area (Å²) in [6.07, 6.45) is 0. The summed E-state index contributed by atoms with van der Waals surface area (Å²) in [5.41, 5.74) is 8.84. The minimum Gasteiger partial charge on any atom is -0.309 e. The van der Waals surface area contributed by atoms with Crippen LogP contribution in [0.2, 0.25) is 0 Å². The third-order valence-corrected chi connectivity index (χ3v) is 10.8. The van der Waals surface area contributed by atoms with Crippen molar-refractivity contribution in [2.75, 3.05) is 0 Å². The molecule has 0 N–H and O–H groups in total. The number of hydrogen-bond acceptors (Lipinski definition) is 3. The normalized spacial score (nSPS) is 12.6. The van der Waals surface area contributed by atoms with Gasteiger partial charge in [-0.15, -0.1) is 0 Å². The molecule has 3 aromatic heterocycles. The molecule has 0 aliphatic carbocycles. The van der Waals surface area contributed by atoms with Crippen LogP contribution in [0.5, 0.6) is 0 Å². The van der Waals surface area contributed by atoms with Gasteiger partial charge in [-0.2, -0.15) is 0 Å². The quantitative estimate of drug-likeness (QED) is 0.194. The number of benzene rings is 7. The standard InChI is InChI=1S/C42H24N4S/c1-2-13-25(14-3-1)45-32-21-9-6-17-28(32)36-26-15-4-5-16-27(26)40-37(41(36)45)29-18-7-10-22-33(29)46(40)42-43-31-20-12-24-35-38(31)39(44-42)30-19-8-11-23-34(30)47-35/h1-24H. The molecular weight excluding hydrogens is 593 g/mol. The molecule has 0 amide bonds. The van der Waals surface area contributed by atoms with E-state index in [0.717, 1.165) is 38.9 Å². The predicted molar refractivity (Wildman–Crippen MR) is 195 cm³/mol. The van der Waals surface area contributed by atoms with Crippen molar-refractivity contribution in [3.8, 4) is 22.9 Å². The Balaban J connectivity index is 1.39. The molecule has 0 fully saturated rings. The summed E-state index contributed by atoms with van der Waals surface area (Å²) in [5, 5.41) is 8.42. The number of para-hydroxylation sites is 3. The van der Waals surface area contributed by atoms with Crippen LogP contribution in [0.4, 0.5) is 0 Å². The smallest absolute Gasteiger partial charge is 0.235 e. The lowest BCUT2D eigenvalue weighted by Gasteiger charge is -2.20. The second kappa shape index (κ2) is 9.32. The topological polar surface area (TPSA) is 35.6 Å². The molecule has 1 aliphatic heterocycles. The molecule has 0 radical (unpaired) electrons. The van der Waals surface area contributed by atoms with E-state index in [-0.39, 0.29) is 0 Å². The van der Waals surface area contributed by atoms with E-state index in [0.29, 0.717) is 5.95 Å². The van der Waals surface area contributed by atoms with Crippen LogP contribution in [0, 0.1) is 0 Å². The van der Waals surface area contributed by atoms with Crippen LogP contribution in [-0.2, 0) is 0 Å². The molecule has 0 bridgehead atoms. The third kappa shape index (κ3) is 3.33. The van der Waals surface area contributed by atoms with Crippen LogP contribution < -0.4 is 0 Å². The Bertz CT molecular complexity index is 2940. The van der Waals surface area contributed by atoms with Crippen molar-refractivity contribution in [1.29, 1.82) is 0 Å². The summed E-state index contributed by atoms with van der Waals surface area (Å²) in [7, 11) is 0. The first-order chi connectivity index (χ1) is 23.3. The molecule has 5 heteroatoms. The number of aromatic nitrogens is 4. The van der Waals surface area contributed by atoms with E-state index in [1.165, 1.54) is 53.1 Å². The number of fused-ring (bicyclic) bond motifs is 12. The Morgan fingerprint density at radius 3 is 1.89 bits per heavy atom. The van der Waals surface area contributed by atoms with Crippen LogP contribution in [0.1, 0.15) is 0 Å². The van der Waals surface area contributed by atoms with Gasteiger partial charge in [-0.25, -0.2) is 9.97 Å². The zero-order valence-electron chi connectivity index (χ0n) is 25.1. The molecular formula is C42H24N4S. The fraction of sp³-hybridized carbons (Fsp3) is 0. The van der Waals surface area contributed by atoms with Crippen molar-refractivity contribution in [2.24, 2.45) is 0 Å². The van der Waals surface area contributed by atoms with Crippen molar-refractivity contribution in [1.82, 2.24) is 19.1 Å². The van der Waals surface area contributed by atoms with Crippen LogP contribution in [0.25, 0.3) is 88.2 Å². The molecule has 11 rings (SSSR count). The number of hydrogen-bond donors (Lipinski definition) is 0. The van der Waals surface area contributed by atoms with Gasteiger partial charge in [-0.3, -0.25) is 4.57 Å². The van der Waals surface area contributed by atoms with E-state index < -0.39 is 0 Å². The molecule has 0 saturated heterocycles. The van der Waals surface area contributed by atoms with E-state index in [2.05, 4.69) is 155 Å². The van der Waals surface area contributed by atoms with Gasteiger partial charge in [0, 0.05) is 53.4 Å². The maximum absolute atomic E-state index is 5.46. The lowest BCUT2D eigenvalue weighted by Crippen LogP contribution is -2.06. The summed E-state index contributed by atoms with van der Waals surface area (Å²) < 4.78 is 4.76. The molecule has 4 nitrogen and oxygen atoms in total. The predicted octanol–water partition coefficient (Wildman–Crippen LogP) is 11.1. The van der Waals surface area contributed by atoms with Crippen LogP contribution in [-0.4, -0.2) is 19.1 Å². The third-order valence-electron chi connectivity index (χ3n) is 9.69. The molecule has 4 heterocycles. The summed E-state index contributed by atoms with van der Waals surface area (Å²) in [6.45, 7) is 0. The molecule has 47 heavy (non-hydrogen) atoms. The highest BCUT2D eigenvalue weighted by Crippen LogP contribution is 2.49. The lowest BCUT2D eigenvalue weighted by atomic mass is 9.99. The van der Waals surface area contributed by atoms with E-state index in [9.17, 15) is 0 Å². The molecule has 1 aliphatic rings. The average Bonchev–Trinajstić information content (AvgIpc) is 3.66. The van der Waals surface area contributed by atoms with Crippen molar-refractivity contribution in [3.63, 3.8) is 0 Å². The van der Waals surface area contributed by atoms with Gasteiger partial charge in [0.2, 0.25) is 5.95 Å². The van der Waals surface area contributed by atoms with Crippen molar-refractivity contribution in [2.45, 2.75) is 9.79 Å². The molecule has 0 spiro atoms. The Labute approximate surface area is 273 Å². The van der Waals surface area contributed by atoms with E-state index >= 15 is 0 Å². The molecule has 218 valence electrons. The average molecular weight is 617 g/mol. The van der Waals surface area contributed by atoms with Crippen LogP contribution in [0.15, 0.2) is 155 Å². The van der Waals surface area contributed by atoms with Crippen LogP contribution in [0.3, 0.4) is 0 Å². The van der Waals surface area contributed by atoms with Gasteiger partial charge in [-0.05, 0) is 47.9 Å². The lowest BCUT2D eigenvalue weighted by molar-refractivity contribution is 1.01. The summed E-state index contributed by atoms with van der Waals surface area (Å²) in [4.78, 5) is 13.2.